The maximum Gasteiger partial charge on any atom is 0.291 e. The van der Waals surface area contributed by atoms with Crippen LogP contribution < -0.4 is 10.1 Å². The molecule has 8 heteroatoms. The van der Waals surface area contributed by atoms with Crippen LogP contribution in [0.4, 0.5) is 11.4 Å². The highest BCUT2D eigenvalue weighted by atomic mass is 35.5. The lowest BCUT2D eigenvalue weighted by Gasteiger charge is -2.08. The smallest absolute Gasteiger partial charge is 0.291 e. The minimum Gasteiger partial charge on any atom is -0.486 e. The predicted octanol–water partition coefficient (Wildman–Crippen LogP) is 4.98. The number of anilines is 1. The lowest BCUT2D eigenvalue weighted by molar-refractivity contribution is -0.384. The van der Waals surface area contributed by atoms with E-state index in [2.05, 4.69) is 5.32 Å². The van der Waals surface area contributed by atoms with Crippen LogP contribution in [0.15, 0.2) is 59.0 Å². The lowest BCUT2D eigenvalue weighted by Crippen LogP contribution is -2.12. The number of halogens is 1. The third kappa shape index (κ3) is 4.45. The van der Waals surface area contributed by atoms with Crippen molar-refractivity contribution in [3.05, 3.63) is 86.8 Å². The number of nitro groups is 1. The van der Waals surface area contributed by atoms with Gasteiger partial charge in [-0.3, -0.25) is 14.9 Å². The maximum absolute atomic E-state index is 12.3. The van der Waals surface area contributed by atoms with Crippen molar-refractivity contribution < 1.29 is 18.9 Å². The van der Waals surface area contributed by atoms with Gasteiger partial charge in [-0.05, 0) is 48.9 Å². The van der Waals surface area contributed by atoms with Crippen molar-refractivity contribution in [2.24, 2.45) is 0 Å². The summed E-state index contributed by atoms with van der Waals surface area (Å²) in [6.45, 7) is 1.89. The van der Waals surface area contributed by atoms with Gasteiger partial charge >= 0.3 is 0 Å². The molecule has 7 nitrogen and oxygen atoms in total. The van der Waals surface area contributed by atoms with E-state index in [0.717, 1.165) is 5.56 Å². The second kappa shape index (κ2) is 7.92. The predicted molar refractivity (Wildman–Crippen MR) is 100 cm³/mol. The van der Waals surface area contributed by atoms with Gasteiger partial charge in [0.2, 0.25) is 0 Å². The summed E-state index contributed by atoms with van der Waals surface area (Å²) in [4.78, 5) is 22.5. The molecule has 1 aromatic heterocycles. The van der Waals surface area contributed by atoms with Crippen LogP contribution in [0.25, 0.3) is 0 Å². The van der Waals surface area contributed by atoms with Crippen LogP contribution in [-0.4, -0.2) is 10.8 Å². The average molecular weight is 387 g/mol. The molecule has 27 heavy (non-hydrogen) atoms. The molecule has 3 rings (SSSR count). The highest BCUT2D eigenvalue weighted by molar-refractivity contribution is 6.31. The van der Waals surface area contributed by atoms with E-state index in [1.165, 1.54) is 24.3 Å². The van der Waals surface area contributed by atoms with Crippen molar-refractivity contribution >= 4 is 28.9 Å². The van der Waals surface area contributed by atoms with E-state index in [-0.39, 0.29) is 18.1 Å². The fourth-order valence-electron chi connectivity index (χ4n) is 2.32. The van der Waals surface area contributed by atoms with Gasteiger partial charge in [-0.2, -0.15) is 0 Å². The molecule has 0 spiro atoms. The monoisotopic (exact) mass is 386 g/mol. The summed E-state index contributed by atoms with van der Waals surface area (Å²) in [6, 6.07) is 14.1. The first-order valence-electron chi connectivity index (χ1n) is 7.96. The number of hydrogen-bond donors (Lipinski definition) is 1. The quantitative estimate of drug-likeness (QED) is 0.476. The zero-order valence-corrected chi connectivity index (χ0v) is 15.0. The molecule has 0 bridgehead atoms. The zero-order chi connectivity index (χ0) is 19.4. The van der Waals surface area contributed by atoms with E-state index in [1.807, 2.05) is 6.92 Å². The van der Waals surface area contributed by atoms with E-state index in [4.69, 9.17) is 20.8 Å². The maximum atomic E-state index is 12.3. The van der Waals surface area contributed by atoms with Crippen LogP contribution in [0.1, 0.15) is 21.9 Å². The Bertz CT molecular complexity index is 982. The Labute approximate surface area is 159 Å². The standard InChI is InChI=1S/C19H15ClN2O5/c1-12-16(20)3-2-4-17(12)21-19(23)18-10-9-15(27-18)11-26-14-7-5-13(6-8-14)22(24)25/h2-10H,11H2,1H3,(H,21,23). The number of non-ortho nitro benzene ring substituents is 1. The number of amides is 1. The topological polar surface area (TPSA) is 94.6 Å². The van der Waals surface area contributed by atoms with Gasteiger partial charge in [0.1, 0.15) is 18.1 Å². The number of nitro benzene ring substituents is 1. The summed E-state index contributed by atoms with van der Waals surface area (Å²) in [6.07, 6.45) is 0. The van der Waals surface area contributed by atoms with E-state index in [9.17, 15) is 14.9 Å². The third-order valence-corrected chi connectivity index (χ3v) is 4.24. The van der Waals surface area contributed by atoms with Crippen LogP contribution in [0.2, 0.25) is 5.02 Å². The normalized spacial score (nSPS) is 10.4. The van der Waals surface area contributed by atoms with Crippen LogP contribution in [0.5, 0.6) is 5.75 Å². The number of furan rings is 1. The van der Waals surface area contributed by atoms with Crippen LogP contribution >= 0.6 is 11.6 Å². The van der Waals surface area contributed by atoms with Gasteiger partial charge in [0.25, 0.3) is 11.6 Å². The Hall–Kier alpha value is -3.32. The second-order valence-corrected chi connectivity index (χ2v) is 6.08. The SMILES string of the molecule is Cc1c(Cl)cccc1NC(=O)c1ccc(COc2ccc([N+](=O)[O-])cc2)o1. The zero-order valence-electron chi connectivity index (χ0n) is 14.3. The van der Waals surface area contributed by atoms with E-state index < -0.39 is 10.8 Å². The molecule has 1 N–H and O–H groups in total. The molecule has 0 atom stereocenters. The average Bonchev–Trinajstić information content (AvgIpc) is 3.13. The van der Waals surface area contributed by atoms with Gasteiger partial charge in [-0.25, -0.2) is 0 Å². The third-order valence-electron chi connectivity index (χ3n) is 3.83. The van der Waals surface area contributed by atoms with E-state index in [0.29, 0.717) is 22.2 Å². The lowest BCUT2D eigenvalue weighted by atomic mass is 10.2. The Kier molecular flexibility index (Phi) is 5.42. The fraction of sp³-hybridized carbons (Fsp3) is 0.105. The molecule has 0 unspecified atom stereocenters. The van der Waals surface area contributed by atoms with Crippen LogP contribution in [0.3, 0.4) is 0 Å². The molecular formula is C19H15ClN2O5. The molecule has 0 aliphatic carbocycles. The molecule has 3 aromatic rings. The molecule has 0 saturated carbocycles. The number of rotatable bonds is 6. The summed E-state index contributed by atoms with van der Waals surface area (Å²) < 4.78 is 11.0. The first-order chi connectivity index (χ1) is 12.9. The Morgan fingerprint density at radius 3 is 2.63 bits per heavy atom. The van der Waals surface area contributed by atoms with Crippen molar-refractivity contribution in [2.45, 2.75) is 13.5 Å². The molecule has 138 valence electrons. The Morgan fingerprint density at radius 2 is 1.93 bits per heavy atom. The van der Waals surface area contributed by atoms with Crippen LogP contribution in [0, 0.1) is 17.0 Å². The van der Waals surface area contributed by atoms with Crippen molar-refractivity contribution in [1.29, 1.82) is 0 Å². The Morgan fingerprint density at radius 1 is 1.19 bits per heavy atom. The second-order valence-electron chi connectivity index (χ2n) is 5.67. The summed E-state index contributed by atoms with van der Waals surface area (Å²) >= 11 is 6.05. The number of nitrogens with one attached hydrogen (secondary N) is 1. The van der Waals surface area contributed by atoms with Gasteiger partial charge in [0.05, 0.1) is 4.92 Å². The largest absolute Gasteiger partial charge is 0.486 e. The van der Waals surface area contributed by atoms with Gasteiger partial charge in [0.15, 0.2) is 5.76 Å². The van der Waals surface area contributed by atoms with E-state index >= 15 is 0 Å². The first-order valence-corrected chi connectivity index (χ1v) is 8.34. The van der Waals surface area contributed by atoms with Gasteiger partial charge in [0, 0.05) is 22.8 Å². The number of ether oxygens (including phenoxy) is 1. The Balaban J connectivity index is 1.61. The molecule has 0 fully saturated rings. The number of carbonyl (C=O) groups excluding carboxylic acids is 1. The van der Waals surface area contributed by atoms with Crippen molar-refractivity contribution in [2.75, 3.05) is 5.32 Å². The molecule has 1 amide bonds. The number of nitrogens with zero attached hydrogens (tertiary/aromatic N) is 1. The highest BCUT2D eigenvalue weighted by Crippen LogP contribution is 2.24. The summed E-state index contributed by atoms with van der Waals surface area (Å²) in [7, 11) is 0. The molecule has 0 radical (unpaired) electrons. The minimum atomic E-state index is -0.483. The van der Waals surface area contributed by atoms with Crippen molar-refractivity contribution in [3.63, 3.8) is 0 Å². The fourth-order valence-corrected chi connectivity index (χ4v) is 2.50. The molecular weight excluding hydrogens is 372 g/mol. The highest BCUT2D eigenvalue weighted by Gasteiger charge is 2.14. The minimum absolute atomic E-state index is 0.0179. The molecule has 0 aliphatic heterocycles. The van der Waals surface area contributed by atoms with Crippen molar-refractivity contribution in [1.82, 2.24) is 0 Å². The molecule has 1 heterocycles. The van der Waals surface area contributed by atoms with Crippen molar-refractivity contribution in [3.8, 4) is 5.75 Å². The summed E-state index contributed by atoms with van der Waals surface area (Å²) in [5.41, 5.74) is 1.35. The van der Waals surface area contributed by atoms with Gasteiger partial charge in [-0.15, -0.1) is 0 Å². The molecule has 0 aliphatic rings. The van der Waals surface area contributed by atoms with Gasteiger partial charge in [-0.1, -0.05) is 17.7 Å². The summed E-state index contributed by atoms with van der Waals surface area (Å²) in [5, 5.41) is 13.9. The number of carbonyl (C=O) groups is 1. The van der Waals surface area contributed by atoms with Crippen LogP contribution in [-0.2, 0) is 6.61 Å². The first kappa shape index (κ1) is 18.5. The molecule has 2 aromatic carbocycles. The van der Waals surface area contributed by atoms with E-state index in [1.54, 1.807) is 30.3 Å². The van der Waals surface area contributed by atoms with Gasteiger partial charge < -0.3 is 14.5 Å². The molecule has 0 saturated heterocycles. The summed E-state index contributed by atoms with van der Waals surface area (Å²) in [5.74, 6) is 0.637. The number of hydrogen-bond acceptors (Lipinski definition) is 5. The number of benzene rings is 2.